The predicted molar refractivity (Wildman–Crippen MR) is 78.8 cm³/mol. The number of nitrogens with zero attached hydrogens (tertiary/aromatic N) is 2. The van der Waals surface area contributed by atoms with E-state index in [1.54, 1.807) is 24.3 Å². The largest absolute Gasteiger partial charge is 0.484 e. The van der Waals surface area contributed by atoms with Crippen molar-refractivity contribution in [3.63, 3.8) is 0 Å². The van der Waals surface area contributed by atoms with Gasteiger partial charge in [0.2, 0.25) is 6.39 Å². The fourth-order valence-electron chi connectivity index (χ4n) is 1.53. The van der Waals surface area contributed by atoms with E-state index in [4.69, 9.17) is 22.7 Å². The Hall–Kier alpha value is -2.48. The van der Waals surface area contributed by atoms with Crippen LogP contribution in [0.4, 0.5) is 0 Å². The van der Waals surface area contributed by atoms with Crippen molar-refractivity contribution < 1.29 is 14.1 Å². The summed E-state index contributed by atoms with van der Waals surface area (Å²) in [6, 6.07) is 6.90. The Kier molecular flexibility index (Phi) is 5.22. The molecular weight excluding hydrogens is 292 g/mol. The second-order valence-electron chi connectivity index (χ2n) is 4.12. The molecule has 0 spiro atoms. The van der Waals surface area contributed by atoms with Crippen molar-refractivity contribution in [1.82, 2.24) is 15.5 Å². The zero-order valence-corrected chi connectivity index (χ0v) is 11.9. The van der Waals surface area contributed by atoms with Crippen LogP contribution in [0.3, 0.4) is 0 Å². The molecule has 0 unspecified atom stereocenters. The van der Waals surface area contributed by atoms with Gasteiger partial charge >= 0.3 is 0 Å². The third kappa shape index (κ3) is 4.84. The van der Waals surface area contributed by atoms with E-state index in [2.05, 4.69) is 20.0 Å². The van der Waals surface area contributed by atoms with Gasteiger partial charge in [-0.05, 0) is 24.3 Å². The summed E-state index contributed by atoms with van der Waals surface area (Å²) in [7, 11) is 0. The van der Waals surface area contributed by atoms with Gasteiger partial charge in [0.25, 0.3) is 5.91 Å². The number of amides is 1. The number of aromatic nitrogens is 2. The molecule has 0 radical (unpaired) electrons. The molecule has 0 aliphatic heterocycles. The Morgan fingerprint density at radius 1 is 1.38 bits per heavy atom. The molecule has 2 aromatic rings. The average molecular weight is 306 g/mol. The molecule has 1 aromatic heterocycles. The van der Waals surface area contributed by atoms with E-state index < -0.39 is 0 Å². The standard InChI is InChI=1S/C13H14N4O3S/c14-13(21)9-1-3-10(4-2-9)19-7-12(18)15-6-5-11-16-8-20-17-11/h1-4,8H,5-7H2,(H2,14,21)(H,15,18). The van der Waals surface area contributed by atoms with Crippen molar-refractivity contribution >= 4 is 23.1 Å². The zero-order valence-electron chi connectivity index (χ0n) is 11.1. The molecule has 0 atom stereocenters. The van der Waals surface area contributed by atoms with Crippen LogP contribution in [0, 0.1) is 0 Å². The highest BCUT2D eigenvalue weighted by molar-refractivity contribution is 7.80. The van der Waals surface area contributed by atoms with Crippen LogP contribution in [0.1, 0.15) is 11.4 Å². The van der Waals surface area contributed by atoms with Crippen LogP contribution in [0.25, 0.3) is 0 Å². The third-order valence-electron chi connectivity index (χ3n) is 2.59. The molecule has 0 aliphatic carbocycles. The Morgan fingerprint density at radius 2 is 2.14 bits per heavy atom. The van der Waals surface area contributed by atoms with Gasteiger partial charge in [0, 0.05) is 18.5 Å². The van der Waals surface area contributed by atoms with Crippen molar-refractivity contribution in [1.29, 1.82) is 0 Å². The number of benzene rings is 1. The quantitative estimate of drug-likeness (QED) is 0.715. The van der Waals surface area contributed by atoms with Gasteiger partial charge in [-0.3, -0.25) is 4.79 Å². The molecule has 1 aromatic carbocycles. The first-order chi connectivity index (χ1) is 10.1. The summed E-state index contributed by atoms with van der Waals surface area (Å²) in [4.78, 5) is 15.7. The number of nitrogens with two attached hydrogens (primary N) is 1. The van der Waals surface area contributed by atoms with E-state index in [0.29, 0.717) is 29.5 Å². The van der Waals surface area contributed by atoms with Crippen LogP contribution < -0.4 is 15.8 Å². The number of hydrogen-bond donors (Lipinski definition) is 2. The van der Waals surface area contributed by atoms with Gasteiger partial charge in [-0.1, -0.05) is 17.4 Å². The summed E-state index contributed by atoms with van der Waals surface area (Å²) in [5, 5.41) is 6.33. The fourth-order valence-corrected chi connectivity index (χ4v) is 1.67. The van der Waals surface area contributed by atoms with E-state index in [1.807, 2.05) is 0 Å². The monoisotopic (exact) mass is 306 g/mol. The Morgan fingerprint density at radius 3 is 2.76 bits per heavy atom. The number of carbonyl (C=O) groups is 1. The minimum Gasteiger partial charge on any atom is -0.484 e. The van der Waals surface area contributed by atoms with Crippen LogP contribution in [0.2, 0.25) is 0 Å². The van der Waals surface area contributed by atoms with Crippen molar-refractivity contribution in [3.8, 4) is 5.75 Å². The molecule has 3 N–H and O–H groups in total. The Labute approximate surface area is 126 Å². The highest BCUT2D eigenvalue weighted by atomic mass is 32.1. The second-order valence-corrected chi connectivity index (χ2v) is 4.56. The van der Waals surface area contributed by atoms with Gasteiger partial charge in [-0.25, -0.2) is 0 Å². The van der Waals surface area contributed by atoms with Crippen molar-refractivity contribution in [3.05, 3.63) is 42.0 Å². The number of nitrogens with one attached hydrogen (secondary N) is 1. The lowest BCUT2D eigenvalue weighted by Gasteiger charge is -2.07. The molecule has 0 saturated carbocycles. The maximum atomic E-state index is 11.6. The topological polar surface area (TPSA) is 103 Å². The van der Waals surface area contributed by atoms with E-state index >= 15 is 0 Å². The minimum absolute atomic E-state index is 0.0708. The summed E-state index contributed by atoms with van der Waals surface area (Å²) in [6.07, 6.45) is 1.75. The maximum Gasteiger partial charge on any atom is 0.257 e. The summed E-state index contributed by atoms with van der Waals surface area (Å²) in [5.74, 6) is 0.893. The fraction of sp³-hybridized carbons (Fsp3) is 0.231. The highest BCUT2D eigenvalue weighted by Gasteiger charge is 2.04. The number of hydrogen-bond acceptors (Lipinski definition) is 6. The molecule has 0 bridgehead atoms. The first-order valence-corrected chi connectivity index (χ1v) is 6.60. The average Bonchev–Trinajstić information content (AvgIpc) is 2.99. The summed E-state index contributed by atoms with van der Waals surface area (Å²) in [6.45, 7) is 0.348. The van der Waals surface area contributed by atoms with Gasteiger partial charge in [0.1, 0.15) is 10.7 Å². The Bertz CT molecular complexity index is 598. The predicted octanol–water partition coefficient (Wildman–Crippen LogP) is 0.441. The Balaban J connectivity index is 1.69. The number of thiocarbonyl (C=S) groups is 1. The van der Waals surface area contributed by atoms with Crippen molar-refractivity contribution in [2.75, 3.05) is 13.2 Å². The lowest BCUT2D eigenvalue weighted by atomic mass is 10.2. The summed E-state index contributed by atoms with van der Waals surface area (Å²) >= 11 is 4.85. The molecule has 1 heterocycles. The van der Waals surface area contributed by atoms with Gasteiger partial charge in [-0.15, -0.1) is 0 Å². The van der Waals surface area contributed by atoms with Crippen LogP contribution >= 0.6 is 12.2 Å². The normalized spacial score (nSPS) is 10.1. The van der Waals surface area contributed by atoms with Crippen LogP contribution in [0.5, 0.6) is 5.75 Å². The molecule has 8 heteroatoms. The second kappa shape index (κ2) is 7.34. The molecule has 1 amide bonds. The van der Waals surface area contributed by atoms with Gasteiger partial charge in [0.15, 0.2) is 12.4 Å². The van der Waals surface area contributed by atoms with E-state index in [0.717, 1.165) is 5.56 Å². The zero-order chi connectivity index (χ0) is 15.1. The lowest BCUT2D eigenvalue weighted by Crippen LogP contribution is -2.30. The lowest BCUT2D eigenvalue weighted by molar-refractivity contribution is -0.123. The number of ether oxygens (including phenoxy) is 1. The number of rotatable bonds is 7. The molecule has 0 aliphatic rings. The van der Waals surface area contributed by atoms with E-state index in [1.165, 1.54) is 6.39 Å². The van der Waals surface area contributed by atoms with Gasteiger partial charge in [0.05, 0.1) is 0 Å². The smallest absolute Gasteiger partial charge is 0.257 e. The highest BCUT2D eigenvalue weighted by Crippen LogP contribution is 2.11. The third-order valence-corrected chi connectivity index (χ3v) is 2.82. The SMILES string of the molecule is NC(=S)c1ccc(OCC(=O)NCCc2ncon2)cc1. The summed E-state index contributed by atoms with van der Waals surface area (Å²) < 4.78 is 9.93. The molecule has 21 heavy (non-hydrogen) atoms. The van der Waals surface area contributed by atoms with Crippen molar-refractivity contribution in [2.45, 2.75) is 6.42 Å². The minimum atomic E-state index is -0.225. The maximum absolute atomic E-state index is 11.6. The van der Waals surface area contributed by atoms with Gasteiger partial charge in [-0.2, -0.15) is 4.98 Å². The van der Waals surface area contributed by atoms with E-state index in [9.17, 15) is 4.79 Å². The molecule has 0 saturated heterocycles. The number of carbonyl (C=O) groups excluding carboxylic acids is 1. The van der Waals surface area contributed by atoms with Crippen molar-refractivity contribution in [2.24, 2.45) is 5.73 Å². The molecule has 110 valence electrons. The first-order valence-electron chi connectivity index (χ1n) is 6.20. The van der Waals surface area contributed by atoms with Gasteiger partial charge < -0.3 is 20.3 Å². The molecular formula is C13H14N4O3S. The summed E-state index contributed by atoms with van der Waals surface area (Å²) in [5.41, 5.74) is 6.24. The van der Waals surface area contributed by atoms with Crippen LogP contribution in [0.15, 0.2) is 35.2 Å². The van der Waals surface area contributed by atoms with Crippen LogP contribution in [-0.4, -0.2) is 34.2 Å². The molecule has 0 fully saturated rings. The van der Waals surface area contributed by atoms with Crippen LogP contribution in [-0.2, 0) is 11.2 Å². The molecule has 7 nitrogen and oxygen atoms in total. The first kappa shape index (κ1) is 14.9. The molecule has 2 rings (SSSR count). The van der Waals surface area contributed by atoms with E-state index in [-0.39, 0.29) is 12.5 Å².